The number of hydrogen-bond acceptors (Lipinski definition) is 6. The lowest BCUT2D eigenvalue weighted by molar-refractivity contribution is -0.135. The molecule has 1 N–H and O–H groups in total. The lowest BCUT2D eigenvalue weighted by Crippen LogP contribution is -2.51. The molecule has 30 heavy (non-hydrogen) atoms. The summed E-state index contributed by atoms with van der Waals surface area (Å²) in [4.78, 5) is 26.2. The molecule has 1 aliphatic rings. The van der Waals surface area contributed by atoms with E-state index < -0.39 is 28.5 Å². The summed E-state index contributed by atoms with van der Waals surface area (Å²) in [5.41, 5.74) is 1.50. The highest BCUT2D eigenvalue weighted by Gasteiger charge is 2.30. The maximum atomic E-state index is 12.7. The number of ether oxygens (including phenoxy) is 1. The molecule has 0 saturated carbocycles. The van der Waals surface area contributed by atoms with Crippen molar-refractivity contribution in [2.45, 2.75) is 18.7 Å². The summed E-state index contributed by atoms with van der Waals surface area (Å²) in [7, 11) is -3.62. The van der Waals surface area contributed by atoms with Crippen LogP contribution in [0.4, 0.5) is 0 Å². The zero-order valence-corrected chi connectivity index (χ0v) is 17.7. The van der Waals surface area contributed by atoms with Crippen LogP contribution < -0.4 is 0 Å². The zero-order chi connectivity index (χ0) is 21.9. The van der Waals surface area contributed by atoms with Crippen LogP contribution in [0.25, 0.3) is 0 Å². The number of rotatable bonds is 5. The number of aryl methyl sites for hydroxylation is 2. The highest BCUT2D eigenvalue weighted by molar-refractivity contribution is 7.89. The van der Waals surface area contributed by atoms with Crippen LogP contribution in [0.15, 0.2) is 47.4 Å². The minimum Gasteiger partial charge on any atom is -0.507 e. The van der Waals surface area contributed by atoms with E-state index in [9.17, 15) is 23.1 Å². The number of phenols is 1. The van der Waals surface area contributed by atoms with Crippen molar-refractivity contribution in [3.63, 3.8) is 0 Å². The average Bonchev–Trinajstić information content (AvgIpc) is 2.74. The molecule has 3 rings (SSSR count). The molecular formula is C21H24N2O6S. The molecule has 0 aromatic heterocycles. The molecule has 1 heterocycles. The van der Waals surface area contributed by atoms with Crippen LogP contribution in [0.1, 0.15) is 21.5 Å². The van der Waals surface area contributed by atoms with Gasteiger partial charge in [0.25, 0.3) is 5.91 Å². The van der Waals surface area contributed by atoms with Crippen LogP contribution in [-0.2, 0) is 19.6 Å². The third kappa shape index (κ3) is 4.63. The van der Waals surface area contributed by atoms with Gasteiger partial charge in [-0.05, 0) is 37.6 Å². The van der Waals surface area contributed by atoms with E-state index in [1.54, 1.807) is 43.3 Å². The van der Waals surface area contributed by atoms with Gasteiger partial charge in [0, 0.05) is 26.2 Å². The van der Waals surface area contributed by atoms with Crippen LogP contribution >= 0.6 is 0 Å². The molecule has 0 bridgehead atoms. The summed E-state index contributed by atoms with van der Waals surface area (Å²) in [6.45, 7) is 3.80. The third-order valence-electron chi connectivity index (χ3n) is 5.03. The predicted octanol–water partition coefficient (Wildman–Crippen LogP) is 1.70. The van der Waals surface area contributed by atoms with E-state index in [0.29, 0.717) is 5.56 Å². The van der Waals surface area contributed by atoms with Gasteiger partial charge in [0.05, 0.1) is 4.90 Å². The number of para-hydroxylation sites is 1. The van der Waals surface area contributed by atoms with Crippen LogP contribution in [0.2, 0.25) is 0 Å². The van der Waals surface area contributed by atoms with Gasteiger partial charge in [0.2, 0.25) is 10.0 Å². The summed E-state index contributed by atoms with van der Waals surface area (Å²) in [6, 6.07) is 11.3. The Morgan fingerprint density at radius 3 is 2.27 bits per heavy atom. The summed E-state index contributed by atoms with van der Waals surface area (Å²) in [6.07, 6.45) is 0. The molecule has 1 fully saturated rings. The van der Waals surface area contributed by atoms with Crippen LogP contribution in [0.5, 0.6) is 5.75 Å². The molecule has 1 amide bonds. The first-order valence-electron chi connectivity index (χ1n) is 9.50. The number of amides is 1. The number of piperazine rings is 1. The van der Waals surface area contributed by atoms with E-state index >= 15 is 0 Å². The minimum absolute atomic E-state index is 0.00295. The molecule has 0 radical (unpaired) electrons. The number of sulfonamides is 1. The van der Waals surface area contributed by atoms with E-state index in [-0.39, 0.29) is 42.4 Å². The van der Waals surface area contributed by atoms with Gasteiger partial charge in [-0.1, -0.05) is 29.8 Å². The first-order chi connectivity index (χ1) is 14.2. The number of esters is 1. The standard InChI is InChI=1S/C21H24N2O6S/c1-15-6-8-17(9-7-15)30(27,28)23-12-10-22(11-13-23)19(24)14-29-21(26)18-5-3-4-16(2)20(18)25/h3-9,25H,10-14H2,1-2H3. The number of benzene rings is 2. The second-order valence-electron chi connectivity index (χ2n) is 7.15. The second kappa shape index (κ2) is 8.85. The van der Waals surface area contributed by atoms with Crippen molar-refractivity contribution >= 4 is 21.9 Å². The first-order valence-corrected chi connectivity index (χ1v) is 10.9. The Morgan fingerprint density at radius 2 is 1.63 bits per heavy atom. The Bertz CT molecular complexity index is 1040. The smallest absolute Gasteiger partial charge is 0.342 e. The highest BCUT2D eigenvalue weighted by atomic mass is 32.2. The average molecular weight is 432 g/mol. The second-order valence-corrected chi connectivity index (χ2v) is 9.08. The van der Waals surface area contributed by atoms with Crippen molar-refractivity contribution < 1.29 is 27.9 Å². The van der Waals surface area contributed by atoms with E-state index in [1.165, 1.54) is 15.3 Å². The topological polar surface area (TPSA) is 104 Å². The molecule has 1 aliphatic heterocycles. The largest absolute Gasteiger partial charge is 0.507 e. The number of nitrogens with zero attached hydrogens (tertiary/aromatic N) is 2. The lowest BCUT2D eigenvalue weighted by atomic mass is 10.1. The molecule has 160 valence electrons. The van der Waals surface area contributed by atoms with Crippen molar-refractivity contribution in [1.82, 2.24) is 9.21 Å². The van der Waals surface area contributed by atoms with Crippen LogP contribution in [0.3, 0.4) is 0 Å². The monoisotopic (exact) mass is 432 g/mol. The highest BCUT2D eigenvalue weighted by Crippen LogP contribution is 2.22. The molecule has 0 aliphatic carbocycles. The van der Waals surface area contributed by atoms with Gasteiger partial charge in [-0.2, -0.15) is 4.31 Å². The molecule has 0 spiro atoms. The number of carbonyl (C=O) groups excluding carboxylic acids is 2. The zero-order valence-electron chi connectivity index (χ0n) is 16.9. The number of carbonyl (C=O) groups is 2. The molecule has 1 saturated heterocycles. The molecule has 8 nitrogen and oxygen atoms in total. The van der Waals surface area contributed by atoms with Crippen LogP contribution in [0, 0.1) is 13.8 Å². The van der Waals surface area contributed by atoms with E-state index in [4.69, 9.17) is 4.74 Å². The quantitative estimate of drug-likeness (QED) is 0.721. The Kier molecular flexibility index (Phi) is 6.42. The van der Waals surface area contributed by atoms with Crippen LogP contribution in [-0.4, -0.2) is 67.4 Å². The molecule has 2 aromatic rings. The van der Waals surface area contributed by atoms with Gasteiger partial charge >= 0.3 is 5.97 Å². The number of hydrogen-bond donors (Lipinski definition) is 1. The fourth-order valence-electron chi connectivity index (χ4n) is 3.16. The third-order valence-corrected chi connectivity index (χ3v) is 6.95. The van der Waals surface area contributed by atoms with Crippen molar-refractivity contribution in [1.29, 1.82) is 0 Å². The number of phenolic OH excluding ortho intramolecular Hbond substituents is 1. The van der Waals surface area contributed by atoms with Gasteiger partial charge in [-0.3, -0.25) is 4.79 Å². The first kappa shape index (κ1) is 21.8. The maximum Gasteiger partial charge on any atom is 0.342 e. The molecule has 2 aromatic carbocycles. The summed E-state index contributed by atoms with van der Waals surface area (Å²) in [5.74, 6) is -1.38. The Balaban J connectivity index is 1.54. The Hall–Kier alpha value is -2.91. The fourth-order valence-corrected chi connectivity index (χ4v) is 4.58. The van der Waals surface area contributed by atoms with Gasteiger partial charge in [0.15, 0.2) is 6.61 Å². The fraction of sp³-hybridized carbons (Fsp3) is 0.333. The van der Waals surface area contributed by atoms with Gasteiger partial charge in [0.1, 0.15) is 11.3 Å². The van der Waals surface area contributed by atoms with Gasteiger partial charge in [-0.25, -0.2) is 13.2 Å². The van der Waals surface area contributed by atoms with Gasteiger partial charge < -0.3 is 14.7 Å². The van der Waals surface area contributed by atoms with Crippen molar-refractivity contribution in [2.75, 3.05) is 32.8 Å². The number of aromatic hydroxyl groups is 1. The summed E-state index contributed by atoms with van der Waals surface area (Å²) in [5, 5.41) is 9.94. The molecule has 9 heteroatoms. The van der Waals surface area contributed by atoms with E-state index in [1.807, 2.05) is 6.92 Å². The Morgan fingerprint density at radius 1 is 1.00 bits per heavy atom. The summed E-state index contributed by atoms with van der Waals surface area (Å²) < 4.78 is 31.8. The molecule has 0 unspecified atom stereocenters. The van der Waals surface area contributed by atoms with Crippen molar-refractivity contribution in [3.05, 3.63) is 59.2 Å². The lowest BCUT2D eigenvalue weighted by Gasteiger charge is -2.33. The maximum absolute atomic E-state index is 12.7. The van der Waals surface area contributed by atoms with Gasteiger partial charge in [-0.15, -0.1) is 0 Å². The van der Waals surface area contributed by atoms with Crippen molar-refractivity contribution in [2.24, 2.45) is 0 Å². The normalized spacial score (nSPS) is 15.1. The Labute approximate surface area is 175 Å². The predicted molar refractivity (Wildman–Crippen MR) is 110 cm³/mol. The summed E-state index contributed by atoms with van der Waals surface area (Å²) >= 11 is 0. The molecular weight excluding hydrogens is 408 g/mol. The molecule has 0 atom stereocenters. The van der Waals surface area contributed by atoms with Crippen molar-refractivity contribution in [3.8, 4) is 5.75 Å². The SMILES string of the molecule is Cc1ccc(S(=O)(=O)N2CCN(C(=O)COC(=O)c3cccc(C)c3O)CC2)cc1. The van der Waals surface area contributed by atoms with E-state index in [2.05, 4.69) is 0 Å². The minimum atomic E-state index is -3.62. The van der Waals surface area contributed by atoms with E-state index in [0.717, 1.165) is 5.56 Å².